The Kier molecular flexibility index (Phi) is 7.79. The molecular weight excluding hydrogens is 496 g/mol. The molecule has 1 fully saturated rings. The number of amides is 4. The molecule has 4 rings (SSSR count). The van der Waals surface area contributed by atoms with Gasteiger partial charge in [0.05, 0.1) is 24.4 Å². The standard InChI is InChI=1S/C28H25ClN2O6/c1-4-36-21-11-9-20(10-12-21)31-27(33)22(26(32)30-28(31)34)13-19-14-23(29)25(24(15-19)35-3)37-16-18-7-5-17(2)6-8-18/h5-15H,4,16H2,1-3H3,(H,30,32,34)/b22-13+. The van der Waals surface area contributed by atoms with Crippen molar-refractivity contribution in [3.63, 3.8) is 0 Å². The van der Waals surface area contributed by atoms with Gasteiger partial charge in [0.2, 0.25) is 0 Å². The van der Waals surface area contributed by atoms with E-state index in [4.69, 9.17) is 25.8 Å². The second-order valence-corrected chi connectivity index (χ2v) is 8.60. The van der Waals surface area contributed by atoms with Crippen LogP contribution in [0.2, 0.25) is 5.02 Å². The minimum Gasteiger partial charge on any atom is -0.494 e. The molecule has 1 N–H and O–H groups in total. The van der Waals surface area contributed by atoms with Gasteiger partial charge in [-0.3, -0.25) is 14.9 Å². The van der Waals surface area contributed by atoms with Crippen LogP contribution in [-0.4, -0.2) is 31.6 Å². The van der Waals surface area contributed by atoms with Gasteiger partial charge in [0, 0.05) is 0 Å². The van der Waals surface area contributed by atoms with Crippen LogP contribution in [0, 0.1) is 6.92 Å². The SMILES string of the molecule is CCOc1ccc(N2C(=O)NC(=O)/C(=C\c3cc(Cl)c(OCc4ccc(C)cc4)c(OC)c3)C2=O)cc1. The van der Waals surface area contributed by atoms with Crippen molar-refractivity contribution in [3.8, 4) is 17.2 Å². The molecule has 37 heavy (non-hydrogen) atoms. The minimum absolute atomic E-state index is 0.236. The average Bonchev–Trinajstić information content (AvgIpc) is 2.87. The highest BCUT2D eigenvalue weighted by Gasteiger charge is 2.37. The number of nitrogens with one attached hydrogen (secondary N) is 1. The summed E-state index contributed by atoms with van der Waals surface area (Å²) in [6.07, 6.45) is 1.35. The van der Waals surface area contributed by atoms with E-state index in [0.29, 0.717) is 35.1 Å². The second-order valence-electron chi connectivity index (χ2n) is 8.19. The maximum atomic E-state index is 13.2. The third-order valence-corrected chi connectivity index (χ3v) is 5.85. The van der Waals surface area contributed by atoms with Crippen LogP contribution in [0.4, 0.5) is 10.5 Å². The summed E-state index contributed by atoms with van der Waals surface area (Å²) in [6.45, 7) is 4.60. The van der Waals surface area contributed by atoms with Gasteiger partial charge in [-0.2, -0.15) is 0 Å². The number of barbiturate groups is 1. The predicted molar refractivity (Wildman–Crippen MR) is 140 cm³/mol. The number of imide groups is 2. The van der Waals surface area contributed by atoms with Crippen molar-refractivity contribution in [3.05, 3.63) is 87.9 Å². The number of hydrogen-bond acceptors (Lipinski definition) is 6. The van der Waals surface area contributed by atoms with Crippen LogP contribution >= 0.6 is 11.6 Å². The maximum absolute atomic E-state index is 13.2. The van der Waals surface area contributed by atoms with Gasteiger partial charge in [0.1, 0.15) is 17.9 Å². The van der Waals surface area contributed by atoms with Crippen molar-refractivity contribution in [2.45, 2.75) is 20.5 Å². The number of halogens is 1. The highest BCUT2D eigenvalue weighted by atomic mass is 35.5. The minimum atomic E-state index is -0.841. The van der Waals surface area contributed by atoms with Crippen molar-refractivity contribution < 1.29 is 28.6 Å². The fraction of sp³-hybridized carbons (Fsp3) is 0.179. The third kappa shape index (κ3) is 5.76. The highest BCUT2D eigenvalue weighted by molar-refractivity contribution is 6.39. The normalized spacial score (nSPS) is 14.5. The molecule has 0 bridgehead atoms. The third-order valence-electron chi connectivity index (χ3n) is 5.57. The van der Waals surface area contributed by atoms with Gasteiger partial charge in [-0.15, -0.1) is 0 Å². The molecule has 3 aromatic rings. The molecule has 0 atom stereocenters. The number of aryl methyl sites for hydroxylation is 1. The van der Waals surface area contributed by atoms with Gasteiger partial charge in [0.15, 0.2) is 11.5 Å². The first-order valence-corrected chi connectivity index (χ1v) is 11.9. The summed E-state index contributed by atoms with van der Waals surface area (Å²) in [4.78, 5) is 39.2. The van der Waals surface area contributed by atoms with Crippen molar-refractivity contribution >= 4 is 41.2 Å². The molecule has 0 saturated carbocycles. The largest absolute Gasteiger partial charge is 0.494 e. The van der Waals surface area contributed by atoms with E-state index >= 15 is 0 Å². The summed E-state index contributed by atoms with van der Waals surface area (Å²) >= 11 is 6.49. The Hall–Kier alpha value is -4.30. The number of rotatable bonds is 8. The fourth-order valence-corrected chi connectivity index (χ4v) is 3.99. The quantitative estimate of drug-likeness (QED) is 0.320. The van der Waals surface area contributed by atoms with E-state index in [0.717, 1.165) is 16.0 Å². The van der Waals surface area contributed by atoms with Crippen LogP contribution in [0.3, 0.4) is 0 Å². The lowest BCUT2D eigenvalue weighted by atomic mass is 10.1. The number of anilines is 1. The Labute approximate surface area is 219 Å². The summed E-state index contributed by atoms with van der Waals surface area (Å²) in [6, 6.07) is 16.6. The summed E-state index contributed by atoms with van der Waals surface area (Å²) in [5.41, 5.74) is 2.57. The zero-order valence-electron chi connectivity index (χ0n) is 20.5. The van der Waals surface area contributed by atoms with Crippen LogP contribution in [0.15, 0.2) is 66.2 Å². The van der Waals surface area contributed by atoms with Gasteiger partial charge in [-0.25, -0.2) is 9.69 Å². The van der Waals surface area contributed by atoms with Crippen molar-refractivity contribution in [2.75, 3.05) is 18.6 Å². The maximum Gasteiger partial charge on any atom is 0.335 e. The lowest BCUT2D eigenvalue weighted by Gasteiger charge is -2.26. The van der Waals surface area contributed by atoms with Crippen LogP contribution in [0.5, 0.6) is 17.2 Å². The number of carbonyl (C=O) groups is 3. The molecule has 4 amide bonds. The van der Waals surface area contributed by atoms with Gasteiger partial charge in [-0.05, 0) is 67.4 Å². The monoisotopic (exact) mass is 520 g/mol. The molecule has 9 heteroatoms. The molecule has 8 nitrogen and oxygen atoms in total. The molecule has 1 heterocycles. The molecule has 1 aliphatic rings. The zero-order chi connectivity index (χ0) is 26.5. The molecular formula is C28H25ClN2O6. The van der Waals surface area contributed by atoms with Crippen LogP contribution < -0.4 is 24.4 Å². The Balaban J connectivity index is 1.61. The van der Waals surface area contributed by atoms with Crippen LogP contribution in [0.1, 0.15) is 23.6 Å². The van der Waals surface area contributed by atoms with Crippen molar-refractivity contribution in [1.82, 2.24) is 5.32 Å². The van der Waals surface area contributed by atoms with E-state index in [1.165, 1.54) is 13.2 Å². The number of ether oxygens (including phenoxy) is 3. The average molecular weight is 521 g/mol. The lowest BCUT2D eigenvalue weighted by Crippen LogP contribution is -2.54. The van der Waals surface area contributed by atoms with Gasteiger partial charge in [0.25, 0.3) is 11.8 Å². The topological polar surface area (TPSA) is 94.2 Å². The van der Waals surface area contributed by atoms with E-state index in [1.54, 1.807) is 36.4 Å². The van der Waals surface area contributed by atoms with Crippen LogP contribution in [0.25, 0.3) is 6.08 Å². The number of methoxy groups -OCH3 is 1. The number of nitrogens with zero attached hydrogens (tertiary/aromatic N) is 1. The van der Waals surface area contributed by atoms with E-state index in [9.17, 15) is 14.4 Å². The van der Waals surface area contributed by atoms with Crippen molar-refractivity contribution in [2.24, 2.45) is 0 Å². The lowest BCUT2D eigenvalue weighted by molar-refractivity contribution is -0.122. The molecule has 1 aliphatic heterocycles. The molecule has 0 spiro atoms. The molecule has 0 aromatic heterocycles. The Morgan fingerprint density at radius 2 is 1.68 bits per heavy atom. The summed E-state index contributed by atoms with van der Waals surface area (Å²) < 4.78 is 16.8. The first-order valence-electron chi connectivity index (χ1n) is 11.5. The predicted octanol–water partition coefficient (Wildman–Crippen LogP) is 5.30. The molecule has 190 valence electrons. The van der Waals surface area contributed by atoms with E-state index < -0.39 is 17.8 Å². The van der Waals surface area contributed by atoms with Gasteiger partial charge >= 0.3 is 6.03 Å². The second kappa shape index (κ2) is 11.2. The first-order chi connectivity index (χ1) is 17.8. The molecule has 0 radical (unpaired) electrons. The zero-order valence-corrected chi connectivity index (χ0v) is 21.3. The fourth-order valence-electron chi connectivity index (χ4n) is 3.72. The van der Waals surface area contributed by atoms with Gasteiger partial charge in [-0.1, -0.05) is 41.4 Å². The molecule has 1 saturated heterocycles. The van der Waals surface area contributed by atoms with E-state index in [-0.39, 0.29) is 17.2 Å². The number of benzene rings is 3. The molecule has 3 aromatic carbocycles. The Bertz CT molecular complexity index is 1370. The summed E-state index contributed by atoms with van der Waals surface area (Å²) in [5, 5.41) is 2.44. The first kappa shape index (κ1) is 25.8. The van der Waals surface area contributed by atoms with Crippen molar-refractivity contribution in [1.29, 1.82) is 0 Å². The number of carbonyl (C=O) groups excluding carboxylic acids is 3. The highest BCUT2D eigenvalue weighted by Crippen LogP contribution is 2.38. The number of urea groups is 1. The number of hydrogen-bond donors (Lipinski definition) is 1. The van der Waals surface area contributed by atoms with E-state index in [2.05, 4.69) is 5.32 Å². The summed E-state index contributed by atoms with van der Waals surface area (Å²) in [5.74, 6) is -0.332. The van der Waals surface area contributed by atoms with Gasteiger partial charge < -0.3 is 14.2 Å². The smallest absolute Gasteiger partial charge is 0.335 e. The Morgan fingerprint density at radius 1 is 0.973 bits per heavy atom. The Morgan fingerprint density at radius 3 is 2.32 bits per heavy atom. The molecule has 0 unspecified atom stereocenters. The molecule has 0 aliphatic carbocycles. The van der Waals surface area contributed by atoms with Crippen LogP contribution in [-0.2, 0) is 16.2 Å². The summed E-state index contributed by atoms with van der Waals surface area (Å²) in [7, 11) is 1.46. The van der Waals surface area contributed by atoms with E-state index in [1.807, 2.05) is 38.1 Å².